The quantitative estimate of drug-likeness (QED) is 0.675. The van der Waals surface area contributed by atoms with E-state index in [4.69, 9.17) is 14.2 Å². The van der Waals surface area contributed by atoms with Gasteiger partial charge in [0.15, 0.2) is 0 Å². The number of hydrogen-bond acceptors (Lipinski definition) is 5. The SMILES string of the molecule is CCCCOc1c(C)cc(C(=O)NCC2(N3CCOCC3)CCOCC2)cc1C. The maximum absolute atomic E-state index is 13.0. The Morgan fingerprint density at radius 3 is 2.34 bits per heavy atom. The lowest BCUT2D eigenvalue weighted by Gasteiger charge is -2.47. The predicted octanol–water partition coefficient (Wildman–Crippen LogP) is 3.09. The molecule has 1 aromatic rings. The Balaban J connectivity index is 1.66. The molecule has 0 atom stereocenters. The molecule has 1 aromatic carbocycles. The third-order valence-corrected chi connectivity index (χ3v) is 6.15. The predicted molar refractivity (Wildman–Crippen MR) is 114 cm³/mol. The van der Waals surface area contributed by atoms with Gasteiger partial charge in [-0.1, -0.05) is 13.3 Å². The van der Waals surface area contributed by atoms with E-state index in [1.807, 2.05) is 26.0 Å². The molecular weight excluding hydrogens is 368 g/mol. The summed E-state index contributed by atoms with van der Waals surface area (Å²) in [4.78, 5) is 15.4. The molecule has 162 valence electrons. The summed E-state index contributed by atoms with van der Waals surface area (Å²) in [6.07, 6.45) is 4.02. The van der Waals surface area contributed by atoms with Gasteiger partial charge in [-0.25, -0.2) is 0 Å². The fourth-order valence-electron chi connectivity index (χ4n) is 4.37. The minimum atomic E-state index is -0.0367. The normalized spacial score (nSPS) is 19.7. The van der Waals surface area contributed by atoms with Crippen molar-refractivity contribution in [1.29, 1.82) is 0 Å². The smallest absolute Gasteiger partial charge is 0.251 e. The van der Waals surface area contributed by atoms with Crippen LogP contribution in [-0.2, 0) is 9.47 Å². The van der Waals surface area contributed by atoms with E-state index in [0.29, 0.717) is 18.7 Å². The molecule has 2 saturated heterocycles. The Hall–Kier alpha value is -1.63. The average Bonchev–Trinajstić information content (AvgIpc) is 2.75. The van der Waals surface area contributed by atoms with E-state index in [9.17, 15) is 4.79 Å². The summed E-state index contributed by atoms with van der Waals surface area (Å²) in [5.41, 5.74) is 2.69. The maximum atomic E-state index is 13.0. The number of aryl methyl sites for hydroxylation is 2. The summed E-state index contributed by atoms with van der Waals surface area (Å²) >= 11 is 0. The highest BCUT2D eigenvalue weighted by Gasteiger charge is 2.39. The minimum absolute atomic E-state index is 0.0181. The molecule has 0 radical (unpaired) electrons. The first-order valence-electron chi connectivity index (χ1n) is 11.0. The fourth-order valence-corrected chi connectivity index (χ4v) is 4.37. The molecule has 0 saturated carbocycles. The first-order chi connectivity index (χ1) is 14.1. The van der Waals surface area contributed by atoms with Crippen molar-refractivity contribution in [3.8, 4) is 5.75 Å². The van der Waals surface area contributed by atoms with Crippen LogP contribution in [0.1, 0.15) is 54.1 Å². The minimum Gasteiger partial charge on any atom is -0.493 e. The number of rotatable bonds is 8. The van der Waals surface area contributed by atoms with Crippen LogP contribution in [0.4, 0.5) is 0 Å². The molecule has 0 aliphatic carbocycles. The Bertz CT molecular complexity index is 656. The lowest BCUT2D eigenvalue weighted by atomic mass is 9.87. The van der Waals surface area contributed by atoms with Gasteiger partial charge in [-0.2, -0.15) is 0 Å². The summed E-state index contributed by atoms with van der Waals surface area (Å²) < 4.78 is 17.1. The van der Waals surface area contributed by atoms with Gasteiger partial charge in [0.05, 0.1) is 19.8 Å². The molecule has 1 N–H and O–H groups in total. The molecule has 1 amide bonds. The second-order valence-corrected chi connectivity index (χ2v) is 8.26. The van der Waals surface area contributed by atoms with E-state index in [0.717, 1.165) is 82.1 Å². The van der Waals surface area contributed by atoms with Crippen LogP contribution in [-0.4, -0.2) is 69.0 Å². The molecule has 0 bridgehead atoms. The summed E-state index contributed by atoms with van der Waals surface area (Å²) in [5, 5.41) is 3.22. The average molecular weight is 405 g/mol. The van der Waals surface area contributed by atoms with E-state index in [1.165, 1.54) is 0 Å². The van der Waals surface area contributed by atoms with Gasteiger partial charge in [-0.15, -0.1) is 0 Å². The van der Waals surface area contributed by atoms with Crippen molar-refractivity contribution in [2.24, 2.45) is 0 Å². The van der Waals surface area contributed by atoms with Gasteiger partial charge in [-0.3, -0.25) is 9.69 Å². The van der Waals surface area contributed by atoms with Crippen LogP contribution >= 0.6 is 0 Å². The van der Waals surface area contributed by atoms with Crippen molar-refractivity contribution in [3.05, 3.63) is 28.8 Å². The first kappa shape index (κ1) is 22.1. The van der Waals surface area contributed by atoms with E-state index >= 15 is 0 Å². The molecule has 0 unspecified atom stereocenters. The first-order valence-corrected chi connectivity index (χ1v) is 11.0. The van der Waals surface area contributed by atoms with E-state index < -0.39 is 0 Å². The van der Waals surface area contributed by atoms with Gasteiger partial charge in [0.2, 0.25) is 0 Å². The fraction of sp³-hybridized carbons (Fsp3) is 0.696. The molecule has 2 fully saturated rings. The maximum Gasteiger partial charge on any atom is 0.251 e. The molecule has 2 aliphatic rings. The molecule has 2 heterocycles. The zero-order valence-corrected chi connectivity index (χ0v) is 18.2. The number of ether oxygens (including phenoxy) is 3. The van der Waals surface area contributed by atoms with Crippen LogP contribution in [0.15, 0.2) is 12.1 Å². The topological polar surface area (TPSA) is 60.0 Å². The van der Waals surface area contributed by atoms with Gasteiger partial charge < -0.3 is 19.5 Å². The molecule has 6 heteroatoms. The number of unbranched alkanes of at least 4 members (excludes halogenated alkanes) is 1. The van der Waals surface area contributed by atoms with E-state index in [-0.39, 0.29) is 11.4 Å². The third kappa shape index (κ3) is 5.50. The van der Waals surface area contributed by atoms with Crippen LogP contribution in [0.5, 0.6) is 5.75 Å². The van der Waals surface area contributed by atoms with Gasteiger partial charge in [0, 0.05) is 44.0 Å². The number of hydrogen-bond donors (Lipinski definition) is 1. The monoisotopic (exact) mass is 404 g/mol. The molecule has 0 spiro atoms. The van der Waals surface area contributed by atoms with Crippen LogP contribution in [0.3, 0.4) is 0 Å². The van der Waals surface area contributed by atoms with E-state index in [1.54, 1.807) is 0 Å². The van der Waals surface area contributed by atoms with Gasteiger partial charge in [0.25, 0.3) is 5.91 Å². The van der Waals surface area contributed by atoms with Gasteiger partial charge in [-0.05, 0) is 56.4 Å². The second-order valence-electron chi connectivity index (χ2n) is 8.26. The molecule has 0 aromatic heterocycles. The lowest BCUT2D eigenvalue weighted by molar-refractivity contribution is -0.0693. The van der Waals surface area contributed by atoms with Crippen LogP contribution < -0.4 is 10.1 Å². The second kappa shape index (κ2) is 10.4. The van der Waals surface area contributed by atoms with Gasteiger partial charge >= 0.3 is 0 Å². The van der Waals surface area contributed by atoms with Crippen LogP contribution in [0.2, 0.25) is 0 Å². The summed E-state index contributed by atoms with van der Waals surface area (Å²) in [7, 11) is 0. The Morgan fingerprint density at radius 2 is 1.72 bits per heavy atom. The number of benzene rings is 1. The van der Waals surface area contributed by atoms with Crippen molar-refractivity contribution < 1.29 is 19.0 Å². The molecular formula is C23H36N2O4. The standard InChI is InChI=1S/C23H36N2O4/c1-4-5-10-29-21-18(2)15-20(16-19(21)3)22(26)24-17-23(6-11-27-12-7-23)25-8-13-28-14-9-25/h15-16H,4-14,17H2,1-3H3,(H,24,26). The molecule has 3 rings (SSSR count). The Kier molecular flexibility index (Phi) is 7.92. The van der Waals surface area contributed by atoms with Crippen molar-refractivity contribution in [3.63, 3.8) is 0 Å². The Morgan fingerprint density at radius 1 is 1.10 bits per heavy atom. The van der Waals surface area contributed by atoms with Gasteiger partial charge in [0.1, 0.15) is 5.75 Å². The van der Waals surface area contributed by atoms with Crippen molar-refractivity contribution >= 4 is 5.91 Å². The summed E-state index contributed by atoms with van der Waals surface area (Å²) in [5.74, 6) is 0.889. The largest absolute Gasteiger partial charge is 0.493 e. The van der Waals surface area contributed by atoms with Crippen molar-refractivity contribution in [2.75, 3.05) is 52.7 Å². The number of carbonyl (C=O) groups excluding carboxylic acids is 1. The summed E-state index contributed by atoms with van der Waals surface area (Å²) in [6, 6.07) is 3.88. The number of carbonyl (C=O) groups is 1. The third-order valence-electron chi connectivity index (χ3n) is 6.15. The summed E-state index contributed by atoms with van der Waals surface area (Å²) in [6.45, 7) is 12.4. The van der Waals surface area contributed by atoms with Crippen LogP contribution in [0.25, 0.3) is 0 Å². The zero-order valence-electron chi connectivity index (χ0n) is 18.2. The van der Waals surface area contributed by atoms with E-state index in [2.05, 4.69) is 17.1 Å². The van der Waals surface area contributed by atoms with Crippen LogP contribution in [0, 0.1) is 13.8 Å². The number of amides is 1. The van der Waals surface area contributed by atoms with Crippen molar-refractivity contribution in [1.82, 2.24) is 10.2 Å². The molecule has 2 aliphatic heterocycles. The Labute approximate surface area is 174 Å². The lowest BCUT2D eigenvalue weighted by Crippen LogP contribution is -2.61. The highest BCUT2D eigenvalue weighted by atomic mass is 16.5. The number of nitrogens with one attached hydrogen (secondary N) is 1. The number of nitrogens with zero attached hydrogens (tertiary/aromatic N) is 1. The molecule has 6 nitrogen and oxygen atoms in total. The van der Waals surface area contributed by atoms with Crippen molar-refractivity contribution in [2.45, 2.75) is 52.0 Å². The highest BCUT2D eigenvalue weighted by Crippen LogP contribution is 2.29. The zero-order chi connectivity index (χ0) is 20.7. The molecule has 29 heavy (non-hydrogen) atoms. The highest BCUT2D eigenvalue weighted by molar-refractivity contribution is 5.95. The number of morpholine rings is 1.